The maximum Gasteiger partial charge on any atom is 0.326 e. The summed E-state index contributed by atoms with van der Waals surface area (Å²) in [5.74, 6) is 1.84. The van der Waals surface area contributed by atoms with Crippen LogP contribution in [0, 0.1) is 35.5 Å². The van der Waals surface area contributed by atoms with Crippen LogP contribution in [0.3, 0.4) is 0 Å². The quantitative estimate of drug-likeness (QED) is 0.819. The molecule has 1 amide bonds. The van der Waals surface area contributed by atoms with Crippen molar-refractivity contribution in [1.29, 1.82) is 0 Å². The van der Waals surface area contributed by atoms with E-state index in [0.717, 1.165) is 18.3 Å². The predicted octanol–water partition coefficient (Wildman–Crippen LogP) is 2.67. The zero-order valence-electron chi connectivity index (χ0n) is 13.0. The normalized spacial score (nSPS) is 39.8. The molecule has 0 aromatic rings. The van der Waals surface area contributed by atoms with E-state index in [1.165, 1.54) is 32.1 Å². The van der Waals surface area contributed by atoms with Crippen LogP contribution in [-0.4, -0.2) is 23.0 Å². The number of hydrogen-bond donors (Lipinski definition) is 2. The summed E-state index contributed by atoms with van der Waals surface area (Å²) in [5.41, 5.74) is 0. The first kappa shape index (κ1) is 14.9. The molecule has 0 spiro atoms. The summed E-state index contributed by atoms with van der Waals surface area (Å²) < 4.78 is 0. The number of carboxylic acids is 1. The van der Waals surface area contributed by atoms with Gasteiger partial charge in [-0.05, 0) is 61.7 Å². The molecule has 2 unspecified atom stereocenters. The molecule has 4 fully saturated rings. The molecular weight excluding hydrogens is 266 g/mol. The Morgan fingerprint density at radius 1 is 1.10 bits per heavy atom. The molecule has 4 aliphatic rings. The Bertz CT molecular complexity index is 406. The van der Waals surface area contributed by atoms with Gasteiger partial charge >= 0.3 is 5.97 Å². The fourth-order valence-corrected chi connectivity index (χ4v) is 5.29. The Balaban J connectivity index is 1.69. The van der Waals surface area contributed by atoms with E-state index in [2.05, 4.69) is 5.32 Å². The second-order valence-electron chi connectivity index (χ2n) is 7.67. The van der Waals surface area contributed by atoms with Crippen molar-refractivity contribution in [2.45, 2.75) is 58.4 Å². The van der Waals surface area contributed by atoms with Gasteiger partial charge in [-0.15, -0.1) is 0 Å². The number of nitrogens with one attached hydrogen (secondary N) is 1. The number of aliphatic carboxylic acids is 1. The van der Waals surface area contributed by atoms with E-state index in [1.807, 2.05) is 13.8 Å². The van der Waals surface area contributed by atoms with E-state index in [0.29, 0.717) is 11.8 Å². The van der Waals surface area contributed by atoms with Gasteiger partial charge in [0.25, 0.3) is 0 Å². The van der Waals surface area contributed by atoms with E-state index < -0.39 is 12.0 Å². The van der Waals surface area contributed by atoms with E-state index >= 15 is 0 Å². The molecule has 0 saturated heterocycles. The van der Waals surface area contributed by atoms with Crippen molar-refractivity contribution in [2.75, 3.05) is 0 Å². The van der Waals surface area contributed by atoms with Crippen LogP contribution in [0.5, 0.6) is 0 Å². The van der Waals surface area contributed by atoms with E-state index in [9.17, 15) is 14.7 Å². The summed E-state index contributed by atoms with van der Waals surface area (Å²) in [6.07, 6.45) is 6.88. The zero-order valence-corrected chi connectivity index (χ0v) is 13.0. The van der Waals surface area contributed by atoms with Gasteiger partial charge in [-0.25, -0.2) is 4.79 Å². The summed E-state index contributed by atoms with van der Waals surface area (Å²) >= 11 is 0. The highest BCUT2D eigenvalue weighted by atomic mass is 16.4. The maximum absolute atomic E-state index is 12.7. The van der Waals surface area contributed by atoms with Crippen molar-refractivity contribution in [3.63, 3.8) is 0 Å². The highest BCUT2D eigenvalue weighted by Gasteiger charge is 2.51. The van der Waals surface area contributed by atoms with Crippen LogP contribution in [0.4, 0.5) is 0 Å². The van der Waals surface area contributed by atoms with Crippen LogP contribution >= 0.6 is 0 Å². The molecule has 2 N–H and O–H groups in total. The predicted molar refractivity (Wildman–Crippen MR) is 79.6 cm³/mol. The first-order valence-corrected chi connectivity index (χ1v) is 8.52. The summed E-state index contributed by atoms with van der Waals surface area (Å²) in [5, 5.41) is 12.2. The van der Waals surface area contributed by atoms with E-state index in [1.54, 1.807) is 0 Å². The van der Waals surface area contributed by atoms with Gasteiger partial charge in [-0.2, -0.15) is 0 Å². The van der Waals surface area contributed by atoms with Crippen LogP contribution in [0.25, 0.3) is 0 Å². The van der Waals surface area contributed by atoms with Gasteiger partial charge in [0.1, 0.15) is 6.04 Å². The third-order valence-electron chi connectivity index (χ3n) is 6.31. The van der Waals surface area contributed by atoms with Crippen molar-refractivity contribution in [1.82, 2.24) is 5.32 Å². The van der Waals surface area contributed by atoms with Crippen molar-refractivity contribution in [2.24, 2.45) is 35.5 Å². The van der Waals surface area contributed by atoms with Gasteiger partial charge in [0.05, 0.1) is 0 Å². The Labute approximate surface area is 126 Å². The summed E-state index contributed by atoms with van der Waals surface area (Å²) in [4.78, 5) is 24.1. The minimum atomic E-state index is -0.901. The average Bonchev–Trinajstić information content (AvgIpc) is 2.42. The fourth-order valence-electron chi connectivity index (χ4n) is 5.29. The Morgan fingerprint density at radius 2 is 1.62 bits per heavy atom. The van der Waals surface area contributed by atoms with Gasteiger partial charge in [0.15, 0.2) is 0 Å². The fraction of sp³-hybridized carbons (Fsp3) is 0.882. The first-order chi connectivity index (χ1) is 9.99. The number of carbonyl (C=O) groups is 2. The molecule has 0 radical (unpaired) electrons. The van der Waals surface area contributed by atoms with Gasteiger partial charge in [-0.1, -0.05) is 20.3 Å². The van der Waals surface area contributed by atoms with Gasteiger partial charge in [-0.3, -0.25) is 4.79 Å². The molecule has 118 valence electrons. The number of carboxylic acid groups (broad SMARTS) is 1. The smallest absolute Gasteiger partial charge is 0.326 e. The van der Waals surface area contributed by atoms with Gasteiger partial charge < -0.3 is 10.4 Å². The molecule has 4 heteroatoms. The van der Waals surface area contributed by atoms with Crippen molar-refractivity contribution >= 4 is 11.9 Å². The highest BCUT2D eigenvalue weighted by Crippen LogP contribution is 2.56. The number of carbonyl (C=O) groups excluding carboxylic acids is 1. The lowest BCUT2D eigenvalue weighted by molar-refractivity contribution is -0.148. The monoisotopic (exact) mass is 293 g/mol. The lowest BCUT2D eigenvalue weighted by Crippen LogP contribution is -2.54. The standard InChI is InChI=1S/C17H27NO3/c1-3-9(2)15(17(20)21)18-16(19)14-12-5-10-4-11(7-12)8-13(14)6-10/h9-15H,3-8H2,1-2H3,(H,18,19)(H,20,21). The number of rotatable bonds is 5. The summed E-state index contributed by atoms with van der Waals surface area (Å²) in [6, 6.07) is -0.736. The van der Waals surface area contributed by atoms with Crippen LogP contribution in [0.2, 0.25) is 0 Å². The lowest BCUT2D eigenvalue weighted by atomic mass is 9.51. The lowest BCUT2D eigenvalue weighted by Gasteiger charge is -2.53. The largest absolute Gasteiger partial charge is 0.480 e. The second-order valence-corrected chi connectivity index (χ2v) is 7.67. The van der Waals surface area contributed by atoms with Crippen LogP contribution in [-0.2, 0) is 9.59 Å². The highest BCUT2D eigenvalue weighted by molar-refractivity contribution is 5.85. The van der Waals surface area contributed by atoms with Crippen LogP contribution in [0.15, 0.2) is 0 Å². The SMILES string of the molecule is CCC(C)C(NC(=O)C1C2CC3CC(C2)CC1C3)C(=O)O. The van der Waals surface area contributed by atoms with Gasteiger partial charge in [0, 0.05) is 5.92 Å². The summed E-state index contributed by atoms with van der Waals surface area (Å²) in [7, 11) is 0. The molecule has 4 aliphatic carbocycles. The zero-order chi connectivity index (χ0) is 15.1. The summed E-state index contributed by atoms with van der Waals surface area (Å²) in [6.45, 7) is 3.87. The first-order valence-electron chi connectivity index (χ1n) is 8.52. The molecule has 4 nitrogen and oxygen atoms in total. The van der Waals surface area contributed by atoms with Gasteiger partial charge in [0.2, 0.25) is 5.91 Å². The minimum Gasteiger partial charge on any atom is -0.480 e. The van der Waals surface area contributed by atoms with E-state index in [4.69, 9.17) is 0 Å². The van der Waals surface area contributed by atoms with Crippen LogP contribution < -0.4 is 5.32 Å². The Morgan fingerprint density at radius 3 is 2.05 bits per heavy atom. The molecule has 4 saturated carbocycles. The molecule has 2 atom stereocenters. The van der Waals surface area contributed by atoms with E-state index in [-0.39, 0.29) is 17.7 Å². The molecule has 4 bridgehead atoms. The minimum absolute atomic E-state index is 0.0106. The number of hydrogen-bond acceptors (Lipinski definition) is 2. The molecular formula is C17H27NO3. The second kappa shape index (κ2) is 5.62. The topological polar surface area (TPSA) is 66.4 Å². The third kappa shape index (κ3) is 2.69. The van der Waals surface area contributed by atoms with Crippen LogP contribution in [0.1, 0.15) is 52.4 Å². The third-order valence-corrected chi connectivity index (χ3v) is 6.31. The van der Waals surface area contributed by atoms with Crippen molar-refractivity contribution in [3.05, 3.63) is 0 Å². The molecule has 0 aromatic carbocycles. The Hall–Kier alpha value is -1.06. The Kier molecular flexibility index (Phi) is 3.98. The molecule has 0 heterocycles. The maximum atomic E-state index is 12.7. The molecule has 0 aromatic heterocycles. The number of amides is 1. The van der Waals surface area contributed by atoms with Crippen molar-refractivity contribution in [3.8, 4) is 0 Å². The van der Waals surface area contributed by atoms with Crippen molar-refractivity contribution < 1.29 is 14.7 Å². The molecule has 21 heavy (non-hydrogen) atoms. The molecule has 0 aliphatic heterocycles. The molecule has 4 rings (SSSR count). The average molecular weight is 293 g/mol.